The van der Waals surface area contributed by atoms with Gasteiger partial charge >= 0.3 is 0 Å². The van der Waals surface area contributed by atoms with Crippen molar-refractivity contribution >= 4 is 49.3 Å². The van der Waals surface area contributed by atoms with Crippen LogP contribution in [0.15, 0.2) is 21.3 Å². The van der Waals surface area contributed by atoms with E-state index >= 15 is 0 Å². The normalized spacial score (nSPS) is 12.3. The van der Waals surface area contributed by atoms with E-state index < -0.39 is 21.2 Å². The number of hydrogen-bond donors (Lipinski definition) is 0. The van der Waals surface area contributed by atoms with Crippen LogP contribution in [-0.2, 0) is 14.8 Å². The minimum absolute atomic E-state index is 0.550. The first-order valence-corrected chi connectivity index (χ1v) is 8.36. The average Bonchev–Trinajstić information content (AvgIpc) is 2.70. The molecule has 4 nitrogen and oxygen atoms in total. The summed E-state index contributed by atoms with van der Waals surface area (Å²) in [6.07, 6.45) is 2.85. The van der Waals surface area contributed by atoms with Crippen LogP contribution in [0.25, 0.3) is 6.08 Å². The lowest BCUT2D eigenvalue weighted by Gasteiger charge is -2.18. The molecule has 0 unspecified atom stereocenters. The standard InChI is InChI=1S/C11H14BrNO3S2/c1-8(2)18(15,16)13(3)11(14)5-4-9-6-10(12)17-7-9/h4-8H,1-3H3. The molecule has 0 saturated heterocycles. The van der Waals surface area contributed by atoms with Gasteiger partial charge in [0.05, 0.1) is 9.04 Å². The molecule has 7 heteroatoms. The Morgan fingerprint density at radius 1 is 1.50 bits per heavy atom. The van der Waals surface area contributed by atoms with Crippen LogP contribution in [0.3, 0.4) is 0 Å². The second kappa shape index (κ2) is 5.99. The third kappa shape index (κ3) is 3.66. The Morgan fingerprint density at radius 3 is 2.56 bits per heavy atom. The molecule has 0 aromatic carbocycles. The van der Waals surface area contributed by atoms with Gasteiger partial charge in [0.25, 0.3) is 5.91 Å². The third-order valence-electron chi connectivity index (χ3n) is 2.29. The van der Waals surface area contributed by atoms with Gasteiger partial charge in [-0.05, 0) is 52.9 Å². The van der Waals surface area contributed by atoms with Crippen LogP contribution < -0.4 is 0 Å². The molecular formula is C11H14BrNO3S2. The third-order valence-corrected chi connectivity index (χ3v) is 5.95. The summed E-state index contributed by atoms with van der Waals surface area (Å²) in [5.74, 6) is -0.550. The number of carbonyl (C=O) groups excluding carboxylic acids is 1. The number of rotatable bonds is 4. The molecule has 0 fully saturated rings. The van der Waals surface area contributed by atoms with E-state index in [0.29, 0.717) is 0 Å². The number of hydrogen-bond acceptors (Lipinski definition) is 4. The largest absolute Gasteiger partial charge is 0.269 e. The highest BCUT2D eigenvalue weighted by Crippen LogP contribution is 2.21. The van der Waals surface area contributed by atoms with Crippen molar-refractivity contribution in [2.24, 2.45) is 0 Å². The Kier molecular flexibility index (Phi) is 5.12. The maximum atomic E-state index is 11.8. The van der Waals surface area contributed by atoms with Crippen molar-refractivity contribution in [1.29, 1.82) is 0 Å². The van der Waals surface area contributed by atoms with Gasteiger partial charge in [-0.15, -0.1) is 11.3 Å². The summed E-state index contributed by atoms with van der Waals surface area (Å²) < 4.78 is 25.2. The zero-order valence-corrected chi connectivity index (χ0v) is 13.5. The fourth-order valence-electron chi connectivity index (χ4n) is 1.12. The average molecular weight is 352 g/mol. The lowest BCUT2D eigenvalue weighted by atomic mass is 10.3. The van der Waals surface area contributed by atoms with Crippen molar-refractivity contribution in [2.75, 3.05) is 7.05 Å². The number of nitrogens with zero attached hydrogens (tertiary/aromatic N) is 1. The second-order valence-electron chi connectivity index (χ2n) is 3.92. The molecule has 0 spiro atoms. The molecule has 0 aliphatic carbocycles. The Balaban J connectivity index is 2.81. The van der Waals surface area contributed by atoms with Gasteiger partial charge in [-0.2, -0.15) is 0 Å². The zero-order chi connectivity index (χ0) is 13.9. The maximum Gasteiger partial charge on any atom is 0.259 e. The van der Waals surface area contributed by atoms with Gasteiger partial charge in [-0.3, -0.25) is 4.79 Å². The first-order valence-electron chi connectivity index (χ1n) is 5.19. The predicted octanol–water partition coefficient (Wildman–Crippen LogP) is 2.72. The highest BCUT2D eigenvalue weighted by atomic mass is 79.9. The number of likely N-dealkylation sites (N-methyl/N-ethyl adjacent to an activating group) is 1. The Bertz CT molecular complexity index is 561. The van der Waals surface area contributed by atoms with Gasteiger partial charge in [0.15, 0.2) is 0 Å². The van der Waals surface area contributed by atoms with E-state index in [2.05, 4.69) is 15.9 Å². The molecule has 0 radical (unpaired) electrons. The summed E-state index contributed by atoms with van der Waals surface area (Å²) in [6, 6.07) is 1.85. The van der Waals surface area contributed by atoms with E-state index in [1.165, 1.54) is 24.5 Å². The summed E-state index contributed by atoms with van der Waals surface area (Å²) in [5, 5.41) is 1.25. The van der Waals surface area contributed by atoms with Gasteiger partial charge in [0.1, 0.15) is 0 Å². The van der Waals surface area contributed by atoms with Gasteiger partial charge in [-0.25, -0.2) is 12.7 Å². The fourth-order valence-corrected chi connectivity index (χ4v) is 3.21. The van der Waals surface area contributed by atoms with Crippen molar-refractivity contribution in [2.45, 2.75) is 19.1 Å². The van der Waals surface area contributed by atoms with Crippen LogP contribution in [0.4, 0.5) is 0 Å². The molecule has 100 valence electrons. The molecule has 0 aliphatic rings. The van der Waals surface area contributed by atoms with E-state index in [1.54, 1.807) is 19.9 Å². The number of carbonyl (C=O) groups is 1. The van der Waals surface area contributed by atoms with E-state index in [1.807, 2.05) is 11.4 Å². The van der Waals surface area contributed by atoms with Crippen molar-refractivity contribution in [3.8, 4) is 0 Å². The van der Waals surface area contributed by atoms with Crippen molar-refractivity contribution in [1.82, 2.24) is 4.31 Å². The van der Waals surface area contributed by atoms with Crippen LogP contribution in [-0.4, -0.2) is 30.9 Å². The van der Waals surface area contributed by atoms with Crippen LogP contribution in [0.5, 0.6) is 0 Å². The van der Waals surface area contributed by atoms with Crippen molar-refractivity contribution in [3.05, 3.63) is 26.9 Å². The minimum atomic E-state index is -3.55. The molecule has 0 aliphatic heterocycles. The fraction of sp³-hybridized carbons (Fsp3) is 0.364. The lowest BCUT2D eigenvalue weighted by Crippen LogP contribution is -2.36. The summed E-state index contributed by atoms with van der Waals surface area (Å²) in [4.78, 5) is 11.7. The highest BCUT2D eigenvalue weighted by molar-refractivity contribution is 9.11. The van der Waals surface area contributed by atoms with Crippen LogP contribution >= 0.6 is 27.3 Å². The molecule has 1 aromatic heterocycles. The smallest absolute Gasteiger partial charge is 0.259 e. The number of amides is 1. The Hall–Kier alpha value is -0.660. The number of halogens is 1. The molecule has 1 rings (SSSR count). The van der Waals surface area contributed by atoms with Gasteiger partial charge < -0.3 is 0 Å². The number of thiophene rings is 1. The monoisotopic (exact) mass is 351 g/mol. The molecule has 0 bridgehead atoms. The summed E-state index contributed by atoms with van der Waals surface area (Å²) >= 11 is 4.81. The van der Waals surface area contributed by atoms with Gasteiger partial charge in [-0.1, -0.05) is 0 Å². The van der Waals surface area contributed by atoms with Gasteiger partial charge in [0.2, 0.25) is 10.0 Å². The van der Waals surface area contributed by atoms with E-state index in [9.17, 15) is 13.2 Å². The molecule has 1 heterocycles. The molecule has 18 heavy (non-hydrogen) atoms. The highest BCUT2D eigenvalue weighted by Gasteiger charge is 2.24. The quantitative estimate of drug-likeness (QED) is 0.783. The topological polar surface area (TPSA) is 54.5 Å². The Labute approximate surface area is 119 Å². The molecular weight excluding hydrogens is 338 g/mol. The van der Waals surface area contributed by atoms with Crippen molar-refractivity contribution < 1.29 is 13.2 Å². The molecule has 1 aromatic rings. The van der Waals surface area contributed by atoms with E-state index in [4.69, 9.17) is 0 Å². The molecule has 1 amide bonds. The summed E-state index contributed by atoms with van der Waals surface area (Å²) in [7, 11) is -2.28. The summed E-state index contributed by atoms with van der Waals surface area (Å²) in [6.45, 7) is 3.08. The minimum Gasteiger partial charge on any atom is -0.269 e. The first kappa shape index (κ1) is 15.4. The zero-order valence-electron chi connectivity index (χ0n) is 10.3. The lowest BCUT2D eigenvalue weighted by molar-refractivity contribution is -0.120. The van der Waals surface area contributed by atoms with Crippen LogP contribution in [0, 0.1) is 0 Å². The SMILES string of the molecule is CC(C)S(=O)(=O)N(C)C(=O)C=Cc1csc(Br)c1. The van der Waals surface area contributed by atoms with Crippen LogP contribution in [0.2, 0.25) is 0 Å². The second-order valence-corrected chi connectivity index (χ2v) is 8.73. The van der Waals surface area contributed by atoms with E-state index in [-0.39, 0.29) is 0 Å². The predicted molar refractivity (Wildman–Crippen MR) is 77.9 cm³/mol. The molecule has 0 N–H and O–H groups in total. The van der Waals surface area contributed by atoms with Crippen LogP contribution in [0.1, 0.15) is 19.4 Å². The maximum absolute atomic E-state index is 11.8. The number of sulfonamides is 1. The van der Waals surface area contributed by atoms with Gasteiger partial charge in [0, 0.05) is 13.1 Å². The summed E-state index contributed by atoms with van der Waals surface area (Å²) in [5.41, 5.74) is 0.857. The first-order chi connectivity index (χ1) is 8.25. The Morgan fingerprint density at radius 2 is 2.11 bits per heavy atom. The molecule has 0 saturated carbocycles. The van der Waals surface area contributed by atoms with E-state index in [0.717, 1.165) is 13.7 Å². The van der Waals surface area contributed by atoms with Crippen molar-refractivity contribution in [3.63, 3.8) is 0 Å². The molecule has 0 atom stereocenters.